The Morgan fingerprint density at radius 2 is 1.63 bits per heavy atom. The van der Waals surface area contributed by atoms with E-state index in [2.05, 4.69) is 5.10 Å². The molecule has 1 aliphatic rings. The fourth-order valence-electron chi connectivity index (χ4n) is 4.10. The highest BCUT2D eigenvalue weighted by molar-refractivity contribution is 5.90. The number of ether oxygens (including phenoxy) is 1. The van der Waals surface area contributed by atoms with Crippen LogP contribution < -0.4 is 0 Å². The van der Waals surface area contributed by atoms with Crippen LogP contribution in [0.15, 0.2) is 60.7 Å². The van der Waals surface area contributed by atoms with E-state index < -0.39 is 11.9 Å². The van der Waals surface area contributed by atoms with Crippen molar-refractivity contribution in [2.24, 2.45) is 7.05 Å². The molecule has 154 valence electrons. The van der Waals surface area contributed by atoms with Crippen LogP contribution in [0.2, 0.25) is 0 Å². The van der Waals surface area contributed by atoms with Crippen molar-refractivity contribution in [3.05, 3.63) is 88.7 Å². The fourth-order valence-corrected chi connectivity index (χ4v) is 4.10. The predicted octanol–water partition coefficient (Wildman–Crippen LogP) is 3.31. The van der Waals surface area contributed by atoms with E-state index in [-0.39, 0.29) is 12.5 Å². The molecule has 0 unspecified atom stereocenters. The molecule has 0 N–H and O–H groups in total. The van der Waals surface area contributed by atoms with Crippen molar-refractivity contribution in [3.8, 4) is 0 Å². The van der Waals surface area contributed by atoms with Gasteiger partial charge in [0.05, 0.1) is 12.5 Å². The largest absolute Gasteiger partial charge is 0.461 e. The zero-order chi connectivity index (χ0) is 21.1. The Kier molecular flexibility index (Phi) is 5.65. The summed E-state index contributed by atoms with van der Waals surface area (Å²) in [5.74, 6) is -0.806. The van der Waals surface area contributed by atoms with Gasteiger partial charge in [0.1, 0.15) is 0 Å². The lowest BCUT2D eigenvalue weighted by atomic mass is 9.89. The molecule has 0 radical (unpaired) electrons. The lowest BCUT2D eigenvalue weighted by Crippen LogP contribution is -2.40. The molecular formula is C24H25N3O3. The highest BCUT2D eigenvalue weighted by atomic mass is 16.5. The van der Waals surface area contributed by atoms with Gasteiger partial charge in [-0.25, -0.2) is 4.79 Å². The number of benzene rings is 2. The average Bonchev–Trinajstić information content (AvgIpc) is 3.11. The van der Waals surface area contributed by atoms with Crippen LogP contribution in [0.5, 0.6) is 0 Å². The fraction of sp³-hybridized carbons (Fsp3) is 0.292. The first-order chi connectivity index (χ1) is 14.6. The second-order valence-corrected chi connectivity index (χ2v) is 7.38. The van der Waals surface area contributed by atoms with Crippen LogP contribution >= 0.6 is 0 Å². The Bertz CT molecular complexity index is 1000. The topological polar surface area (TPSA) is 64.4 Å². The SMILES string of the molecule is CCOC(=O)c1nn(C)c2c1CN(C(=O)C(c1ccccc1)c1ccccc1)CC2. The monoisotopic (exact) mass is 403 g/mol. The molecule has 1 amide bonds. The zero-order valence-electron chi connectivity index (χ0n) is 17.2. The van der Waals surface area contributed by atoms with E-state index in [1.807, 2.05) is 72.6 Å². The standard InChI is InChI=1S/C24H25N3O3/c1-3-30-24(29)22-19-16-27(15-14-20(19)26(2)25-22)23(28)21(17-10-6-4-7-11-17)18-12-8-5-9-13-18/h4-13,21H,3,14-16H2,1-2H3. The van der Waals surface area contributed by atoms with Crippen LogP contribution in [-0.4, -0.2) is 39.7 Å². The number of fused-ring (bicyclic) bond motifs is 1. The molecule has 3 aromatic rings. The van der Waals surface area contributed by atoms with Gasteiger partial charge in [-0.1, -0.05) is 60.7 Å². The number of aryl methyl sites for hydroxylation is 1. The van der Waals surface area contributed by atoms with Gasteiger partial charge in [0.25, 0.3) is 0 Å². The van der Waals surface area contributed by atoms with Crippen LogP contribution in [0.3, 0.4) is 0 Å². The van der Waals surface area contributed by atoms with Crippen LogP contribution in [0.4, 0.5) is 0 Å². The van der Waals surface area contributed by atoms with E-state index in [0.29, 0.717) is 25.2 Å². The summed E-state index contributed by atoms with van der Waals surface area (Å²) in [6.07, 6.45) is 0.653. The highest BCUT2D eigenvalue weighted by Crippen LogP contribution is 2.30. The molecule has 0 bridgehead atoms. The van der Waals surface area contributed by atoms with Gasteiger partial charge in [-0.05, 0) is 18.1 Å². The first-order valence-corrected chi connectivity index (χ1v) is 10.2. The number of esters is 1. The molecule has 0 saturated carbocycles. The van der Waals surface area contributed by atoms with Gasteiger partial charge in [-0.15, -0.1) is 0 Å². The molecule has 0 aliphatic carbocycles. The van der Waals surface area contributed by atoms with Crippen LogP contribution in [0.1, 0.15) is 45.7 Å². The molecule has 2 aromatic carbocycles. The molecule has 0 spiro atoms. The Morgan fingerprint density at radius 3 is 2.20 bits per heavy atom. The Morgan fingerprint density at radius 1 is 1.03 bits per heavy atom. The Hall–Kier alpha value is -3.41. The molecule has 0 fully saturated rings. The van der Waals surface area contributed by atoms with E-state index in [1.54, 1.807) is 11.6 Å². The normalized spacial score (nSPS) is 13.2. The smallest absolute Gasteiger partial charge is 0.359 e. The maximum atomic E-state index is 13.7. The maximum Gasteiger partial charge on any atom is 0.359 e. The molecule has 1 aromatic heterocycles. The Labute approximate surface area is 176 Å². The summed E-state index contributed by atoms with van der Waals surface area (Å²) in [7, 11) is 1.83. The number of amides is 1. The summed E-state index contributed by atoms with van der Waals surface area (Å²) in [4.78, 5) is 27.9. The van der Waals surface area contributed by atoms with Crippen LogP contribution in [0, 0.1) is 0 Å². The summed E-state index contributed by atoms with van der Waals surface area (Å²) >= 11 is 0. The molecule has 0 saturated heterocycles. The van der Waals surface area contributed by atoms with Gasteiger partial charge < -0.3 is 9.64 Å². The lowest BCUT2D eigenvalue weighted by Gasteiger charge is -2.31. The van der Waals surface area contributed by atoms with Crippen molar-refractivity contribution in [3.63, 3.8) is 0 Å². The van der Waals surface area contributed by atoms with E-state index >= 15 is 0 Å². The maximum absolute atomic E-state index is 13.7. The van der Waals surface area contributed by atoms with Gasteiger partial charge in [0.2, 0.25) is 5.91 Å². The number of carbonyl (C=O) groups excluding carboxylic acids is 2. The van der Waals surface area contributed by atoms with E-state index in [4.69, 9.17) is 4.74 Å². The lowest BCUT2D eigenvalue weighted by molar-refractivity contribution is -0.132. The van der Waals surface area contributed by atoms with Crippen molar-refractivity contribution in [1.82, 2.24) is 14.7 Å². The number of aromatic nitrogens is 2. The van der Waals surface area contributed by atoms with Crippen LogP contribution in [-0.2, 0) is 29.5 Å². The third-order valence-corrected chi connectivity index (χ3v) is 5.54. The molecule has 1 aliphatic heterocycles. The number of rotatable bonds is 5. The number of nitrogens with zero attached hydrogens (tertiary/aromatic N) is 3. The molecule has 0 atom stereocenters. The van der Waals surface area contributed by atoms with Crippen LogP contribution in [0.25, 0.3) is 0 Å². The van der Waals surface area contributed by atoms with Crippen molar-refractivity contribution in [2.75, 3.05) is 13.2 Å². The third-order valence-electron chi connectivity index (χ3n) is 5.54. The second kappa shape index (κ2) is 8.53. The second-order valence-electron chi connectivity index (χ2n) is 7.38. The number of hydrogen-bond donors (Lipinski definition) is 0. The van der Waals surface area contributed by atoms with Crippen molar-refractivity contribution < 1.29 is 14.3 Å². The molecule has 30 heavy (non-hydrogen) atoms. The summed E-state index contributed by atoms with van der Waals surface area (Å²) < 4.78 is 6.90. The summed E-state index contributed by atoms with van der Waals surface area (Å²) in [5.41, 5.74) is 3.99. The van der Waals surface area contributed by atoms with Gasteiger partial charge >= 0.3 is 5.97 Å². The molecule has 6 nitrogen and oxygen atoms in total. The first kappa shape index (κ1) is 19.9. The van der Waals surface area contributed by atoms with Crippen molar-refractivity contribution >= 4 is 11.9 Å². The van der Waals surface area contributed by atoms with Crippen molar-refractivity contribution in [1.29, 1.82) is 0 Å². The number of hydrogen-bond acceptors (Lipinski definition) is 4. The predicted molar refractivity (Wildman–Crippen MR) is 113 cm³/mol. The zero-order valence-corrected chi connectivity index (χ0v) is 17.2. The quantitative estimate of drug-likeness (QED) is 0.613. The minimum Gasteiger partial charge on any atom is -0.461 e. The van der Waals surface area contributed by atoms with Gasteiger partial charge in [-0.3, -0.25) is 9.48 Å². The number of carbonyl (C=O) groups is 2. The minimum absolute atomic E-state index is 0.0247. The summed E-state index contributed by atoms with van der Waals surface area (Å²) in [6, 6.07) is 19.6. The summed E-state index contributed by atoms with van der Waals surface area (Å²) in [5, 5.41) is 4.37. The van der Waals surface area contributed by atoms with Gasteiger partial charge in [-0.2, -0.15) is 5.10 Å². The van der Waals surface area contributed by atoms with E-state index in [0.717, 1.165) is 22.4 Å². The van der Waals surface area contributed by atoms with E-state index in [1.165, 1.54) is 0 Å². The molecular weight excluding hydrogens is 378 g/mol. The van der Waals surface area contributed by atoms with Crippen molar-refractivity contribution in [2.45, 2.75) is 25.8 Å². The van der Waals surface area contributed by atoms with E-state index in [9.17, 15) is 9.59 Å². The molecule has 4 rings (SSSR count). The minimum atomic E-state index is -0.439. The third kappa shape index (κ3) is 3.73. The van der Waals surface area contributed by atoms with Gasteiger partial charge in [0, 0.05) is 37.8 Å². The van der Waals surface area contributed by atoms with Gasteiger partial charge in [0.15, 0.2) is 5.69 Å². The molecule has 2 heterocycles. The molecule has 6 heteroatoms. The first-order valence-electron chi connectivity index (χ1n) is 10.2. The highest BCUT2D eigenvalue weighted by Gasteiger charge is 2.33. The average molecular weight is 403 g/mol. The summed E-state index contributed by atoms with van der Waals surface area (Å²) in [6.45, 7) is 3.00. The Balaban J connectivity index is 1.67.